The highest BCUT2D eigenvalue weighted by Crippen LogP contribution is 2.29. The van der Waals surface area contributed by atoms with Gasteiger partial charge in [-0.05, 0) is 23.8 Å². The van der Waals surface area contributed by atoms with Crippen molar-refractivity contribution in [1.82, 2.24) is 9.97 Å². The number of ether oxygens (including phenoxy) is 1. The van der Waals surface area contributed by atoms with Crippen molar-refractivity contribution in [2.24, 2.45) is 5.73 Å². The molecule has 0 spiro atoms. The Balaban J connectivity index is 0.00000243. The van der Waals surface area contributed by atoms with Crippen LogP contribution < -0.4 is 10.5 Å². The molecule has 1 heterocycles. The highest BCUT2D eigenvalue weighted by molar-refractivity contribution is 6.16. The molecule has 0 amide bonds. The van der Waals surface area contributed by atoms with Gasteiger partial charge in [-0.25, -0.2) is 9.97 Å². The number of hydrogen-bond donors (Lipinski definition) is 1. The summed E-state index contributed by atoms with van der Waals surface area (Å²) in [6, 6.07) is 11.1. The van der Waals surface area contributed by atoms with E-state index in [0.29, 0.717) is 28.2 Å². The standard InChI is InChI=1S/C17H15ClN4O3.ClH/c1-25-12-5-2-10(3-6-12)16(19)17-13-8-11(22(23)24)4-7-14(13)20-15(9-18)21-17;/h2-8,16H,9,19H2,1H3;1H. The van der Waals surface area contributed by atoms with Gasteiger partial charge >= 0.3 is 0 Å². The van der Waals surface area contributed by atoms with Crippen molar-refractivity contribution in [3.63, 3.8) is 0 Å². The molecule has 0 saturated heterocycles. The Bertz CT molecular complexity index is 935. The van der Waals surface area contributed by atoms with Crippen molar-refractivity contribution in [1.29, 1.82) is 0 Å². The highest BCUT2D eigenvalue weighted by Gasteiger charge is 2.19. The van der Waals surface area contributed by atoms with Gasteiger partial charge in [-0.1, -0.05) is 12.1 Å². The topological polar surface area (TPSA) is 104 Å². The summed E-state index contributed by atoms with van der Waals surface area (Å²) < 4.78 is 5.14. The molecule has 1 unspecified atom stereocenters. The number of methoxy groups -OCH3 is 1. The first-order valence-electron chi connectivity index (χ1n) is 7.44. The predicted molar refractivity (Wildman–Crippen MR) is 102 cm³/mol. The summed E-state index contributed by atoms with van der Waals surface area (Å²) in [5.74, 6) is 1.25. The van der Waals surface area contributed by atoms with Gasteiger partial charge in [0.25, 0.3) is 5.69 Å². The second-order valence-corrected chi connectivity index (χ2v) is 5.64. The molecule has 0 fully saturated rings. The summed E-state index contributed by atoms with van der Waals surface area (Å²) in [7, 11) is 1.58. The molecule has 1 atom stereocenters. The molecule has 26 heavy (non-hydrogen) atoms. The Kier molecular flexibility index (Phi) is 6.31. The lowest BCUT2D eigenvalue weighted by Gasteiger charge is -2.15. The zero-order valence-electron chi connectivity index (χ0n) is 13.8. The third kappa shape index (κ3) is 3.85. The number of non-ortho nitro benzene ring substituents is 1. The fourth-order valence-electron chi connectivity index (χ4n) is 2.57. The van der Waals surface area contributed by atoms with Crippen LogP contribution in [0.2, 0.25) is 0 Å². The number of fused-ring (bicyclic) bond motifs is 1. The summed E-state index contributed by atoms with van der Waals surface area (Å²) in [5.41, 5.74) is 8.19. The monoisotopic (exact) mass is 394 g/mol. The van der Waals surface area contributed by atoms with E-state index in [1.54, 1.807) is 25.3 Å². The Morgan fingerprint density at radius 3 is 2.50 bits per heavy atom. The van der Waals surface area contributed by atoms with Crippen LogP contribution in [0.5, 0.6) is 5.75 Å². The van der Waals surface area contributed by atoms with E-state index in [2.05, 4.69) is 9.97 Å². The van der Waals surface area contributed by atoms with Gasteiger partial charge < -0.3 is 10.5 Å². The van der Waals surface area contributed by atoms with Gasteiger partial charge in [-0.3, -0.25) is 10.1 Å². The van der Waals surface area contributed by atoms with Crippen LogP contribution in [0.4, 0.5) is 5.69 Å². The lowest BCUT2D eigenvalue weighted by atomic mass is 10.0. The molecular weight excluding hydrogens is 379 g/mol. The third-order valence-corrected chi connectivity index (χ3v) is 4.09. The van der Waals surface area contributed by atoms with Crippen LogP contribution >= 0.6 is 24.0 Å². The summed E-state index contributed by atoms with van der Waals surface area (Å²) in [4.78, 5) is 19.4. The van der Waals surface area contributed by atoms with Gasteiger partial charge in [0.2, 0.25) is 0 Å². The van der Waals surface area contributed by atoms with Crippen LogP contribution in [0.3, 0.4) is 0 Å². The van der Waals surface area contributed by atoms with Crippen molar-refractivity contribution < 1.29 is 9.66 Å². The van der Waals surface area contributed by atoms with Gasteiger partial charge in [-0.2, -0.15) is 0 Å². The minimum Gasteiger partial charge on any atom is -0.497 e. The number of nitro groups is 1. The fraction of sp³-hybridized carbons (Fsp3) is 0.176. The number of hydrogen-bond acceptors (Lipinski definition) is 6. The Morgan fingerprint density at radius 2 is 1.92 bits per heavy atom. The maximum absolute atomic E-state index is 11.1. The van der Waals surface area contributed by atoms with Crippen LogP contribution in [0.15, 0.2) is 42.5 Å². The average molecular weight is 395 g/mol. The van der Waals surface area contributed by atoms with Crippen LogP contribution in [0, 0.1) is 10.1 Å². The Labute approximate surface area is 160 Å². The summed E-state index contributed by atoms with van der Waals surface area (Å²) in [5, 5.41) is 11.6. The van der Waals surface area contributed by atoms with E-state index in [1.807, 2.05) is 12.1 Å². The molecule has 3 aromatic rings. The summed E-state index contributed by atoms with van der Waals surface area (Å²) in [6.45, 7) is 0. The smallest absolute Gasteiger partial charge is 0.270 e. The summed E-state index contributed by atoms with van der Waals surface area (Å²) >= 11 is 5.88. The molecule has 2 aromatic carbocycles. The lowest BCUT2D eigenvalue weighted by molar-refractivity contribution is -0.384. The number of alkyl halides is 1. The van der Waals surface area contributed by atoms with E-state index in [4.69, 9.17) is 22.1 Å². The van der Waals surface area contributed by atoms with Crippen LogP contribution in [0.1, 0.15) is 23.1 Å². The SMILES string of the molecule is COc1ccc(C(N)c2nc(CCl)nc3ccc([N+](=O)[O-])cc23)cc1.Cl. The Hall–Kier alpha value is -2.48. The second kappa shape index (κ2) is 8.27. The van der Waals surface area contributed by atoms with Crippen molar-refractivity contribution in [3.8, 4) is 5.75 Å². The molecule has 0 saturated carbocycles. The molecular formula is C17H16Cl2N4O3. The quantitative estimate of drug-likeness (QED) is 0.401. The molecule has 7 nitrogen and oxygen atoms in total. The first kappa shape index (κ1) is 19.8. The largest absolute Gasteiger partial charge is 0.497 e. The van der Waals surface area contributed by atoms with Crippen molar-refractivity contribution in [3.05, 3.63) is 69.7 Å². The van der Waals surface area contributed by atoms with Gasteiger partial charge in [0.1, 0.15) is 11.6 Å². The minimum absolute atomic E-state index is 0. The molecule has 9 heteroatoms. The van der Waals surface area contributed by atoms with E-state index in [-0.39, 0.29) is 24.0 Å². The molecule has 0 bridgehead atoms. The molecule has 0 radical (unpaired) electrons. The van der Waals surface area contributed by atoms with E-state index >= 15 is 0 Å². The zero-order valence-corrected chi connectivity index (χ0v) is 15.3. The van der Waals surface area contributed by atoms with Gasteiger partial charge in [0.05, 0.1) is 35.2 Å². The molecule has 136 valence electrons. The first-order chi connectivity index (χ1) is 12.0. The van der Waals surface area contributed by atoms with Crippen LogP contribution in [0.25, 0.3) is 10.9 Å². The van der Waals surface area contributed by atoms with E-state index in [9.17, 15) is 10.1 Å². The van der Waals surface area contributed by atoms with Gasteiger partial charge in [0, 0.05) is 17.5 Å². The maximum atomic E-state index is 11.1. The van der Waals surface area contributed by atoms with E-state index < -0.39 is 11.0 Å². The predicted octanol–water partition coefficient (Wildman–Crippen LogP) is 3.76. The normalized spacial score (nSPS) is 11.7. The minimum atomic E-state index is -0.583. The molecule has 3 rings (SSSR count). The number of nitro benzene ring substituents is 1. The average Bonchev–Trinajstić information content (AvgIpc) is 2.66. The lowest BCUT2D eigenvalue weighted by Crippen LogP contribution is -2.15. The number of rotatable bonds is 5. The number of nitrogens with zero attached hydrogens (tertiary/aromatic N) is 3. The van der Waals surface area contributed by atoms with Crippen molar-refractivity contribution >= 4 is 40.6 Å². The van der Waals surface area contributed by atoms with Crippen LogP contribution in [-0.2, 0) is 5.88 Å². The van der Waals surface area contributed by atoms with Gasteiger partial charge in [-0.15, -0.1) is 24.0 Å². The van der Waals surface area contributed by atoms with E-state index in [1.165, 1.54) is 12.1 Å². The number of halogens is 2. The number of nitrogens with two attached hydrogens (primary N) is 1. The number of aromatic nitrogens is 2. The molecule has 0 aliphatic carbocycles. The van der Waals surface area contributed by atoms with Gasteiger partial charge in [0.15, 0.2) is 0 Å². The van der Waals surface area contributed by atoms with E-state index in [0.717, 1.165) is 5.56 Å². The molecule has 0 aliphatic heterocycles. The maximum Gasteiger partial charge on any atom is 0.270 e. The zero-order chi connectivity index (χ0) is 18.0. The first-order valence-corrected chi connectivity index (χ1v) is 7.97. The van der Waals surface area contributed by atoms with Crippen LogP contribution in [-0.4, -0.2) is 22.0 Å². The summed E-state index contributed by atoms with van der Waals surface area (Å²) in [6.07, 6.45) is 0. The molecule has 0 aliphatic rings. The second-order valence-electron chi connectivity index (χ2n) is 5.37. The highest BCUT2D eigenvalue weighted by atomic mass is 35.5. The fourth-order valence-corrected chi connectivity index (χ4v) is 2.69. The van der Waals surface area contributed by atoms with Crippen molar-refractivity contribution in [2.75, 3.05) is 7.11 Å². The number of benzene rings is 2. The molecule has 2 N–H and O–H groups in total. The third-order valence-electron chi connectivity index (χ3n) is 3.85. The molecule has 1 aromatic heterocycles. The Morgan fingerprint density at radius 1 is 1.23 bits per heavy atom. The van der Waals surface area contributed by atoms with Crippen molar-refractivity contribution in [2.45, 2.75) is 11.9 Å².